The van der Waals surface area contributed by atoms with Gasteiger partial charge >= 0.3 is 0 Å². The number of ether oxygens (including phenoxy) is 1. The van der Waals surface area contributed by atoms with Gasteiger partial charge in [-0.2, -0.15) is 0 Å². The highest BCUT2D eigenvalue weighted by molar-refractivity contribution is 5.80. The summed E-state index contributed by atoms with van der Waals surface area (Å²) in [5.74, 6) is 3.10. The minimum atomic E-state index is 0.395. The van der Waals surface area contributed by atoms with E-state index in [4.69, 9.17) is 11.2 Å². The molecule has 2 heterocycles. The Morgan fingerprint density at radius 2 is 1.95 bits per heavy atom. The molecule has 0 spiro atoms. The topological polar surface area (TPSA) is 47.0 Å². The Morgan fingerprint density at radius 3 is 2.52 bits per heavy atom. The summed E-state index contributed by atoms with van der Waals surface area (Å²) < 4.78 is 5.27. The molecule has 0 saturated carbocycles. The van der Waals surface area contributed by atoms with Gasteiger partial charge in [-0.25, -0.2) is 9.97 Å². The van der Waals surface area contributed by atoms with Gasteiger partial charge in [-0.3, -0.25) is 0 Å². The summed E-state index contributed by atoms with van der Waals surface area (Å²) in [7, 11) is 0. The van der Waals surface area contributed by atoms with Gasteiger partial charge in [0.05, 0.1) is 0 Å². The Balaban J connectivity index is 0.000000180. The molecule has 2 aliphatic carbocycles. The molecule has 1 aliphatic heterocycles. The fraction of sp³-hybridized carbons (Fsp3) is 0.294. The van der Waals surface area contributed by atoms with Crippen molar-refractivity contribution in [2.45, 2.75) is 18.9 Å². The van der Waals surface area contributed by atoms with E-state index in [9.17, 15) is 0 Å². The second-order valence-corrected chi connectivity index (χ2v) is 5.02. The standard InChI is InChI=1S/C11H13N3O.C6H4/c1-2-9-3-6-12-11(13-9)14-10-4-7-15-8-5-10;1-2-5-4-6(5)3-1/h1,3,6,10H,4-5,7-8H2,(H,12,13,14);1-4H. The number of rotatable bonds is 2. The minimum Gasteiger partial charge on any atom is -0.381 e. The van der Waals surface area contributed by atoms with Crippen LogP contribution in [-0.4, -0.2) is 29.2 Å². The van der Waals surface area contributed by atoms with E-state index in [1.165, 1.54) is 11.1 Å². The second kappa shape index (κ2) is 6.38. The number of benzene rings is 1. The lowest BCUT2D eigenvalue weighted by molar-refractivity contribution is 0.0903. The third-order valence-electron chi connectivity index (χ3n) is 3.47. The van der Waals surface area contributed by atoms with Crippen molar-refractivity contribution in [3.8, 4) is 23.5 Å². The van der Waals surface area contributed by atoms with Gasteiger partial charge in [-0.05, 0) is 36.1 Å². The number of hydrogen-bond donors (Lipinski definition) is 1. The predicted molar refractivity (Wildman–Crippen MR) is 82.9 cm³/mol. The molecule has 0 aromatic carbocycles. The third-order valence-corrected chi connectivity index (χ3v) is 3.47. The first-order valence-electron chi connectivity index (χ1n) is 7.09. The lowest BCUT2D eigenvalue weighted by Crippen LogP contribution is -2.28. The van der Waals surface area contributed by atoms with Crippen molar-refractivity contribution in [2.24, 2.45) is 0 Å². The zero-order chi connectivity index (χ0) is 14.5. The van der Waals surface area contributed by atoms with Gasteiger partial charge in [0, 0.05) is 25.5 Å². The van der Waals surface area contributed by atoms with Crippen molar-refractivity contribution in [3.05, 3.63) is 42.2 Å². The van der Waals surface area contributed by atoms with Crippen molar-refractivity contribution in [1.82, 2.24) is 9.97 Å². The average molecular weight is 279 g/mol. The summed E-state index contributed by atoms with van der Waals surface area (Å²) >= 11 is 0. The summed E-state index contributed by atoms with van der Waals surface area (Å²) in [6.45, 7) is 1.60. The molecule has 3 aliphatic rings. The first-order valence-corrected chi connectivity index (χ1v) is 7.09. The molecule has 1 aromatic heterocycles. The van der Waals surface area contributed by atoms with Crippen LogP contribution in [0.5, 0.6) is 0 Å². The van der Waals surface area contributed by atoms with E-state index in [1.54, 1.807) is 12.3 Å². The molecule has 1 aromatic rings. The Kier molecular flexibility index (Phi) is 4.13. The van der Waals surface area contributed by atoms with Crippen LogP contribution in [0.3, 0.4) is 0 Å². The molecule has 1 saturated heterocycles. The molecule has 0 radical (unpaired) electrons. The fourth-order valence-corrected chi connectivity index (χ4v) is 2.21. The Labute approximate surface area is 124 Å². The van der Waals surface area contributed by atoms with Crippen LogP contribution in [0.2, 0.25) is 0 Å². The van der Waals surface area contributed by atoms with Gasteiger partial charge in [0.15, 0.2) is 0 Å². The SMILES string of the molecule is C#Cc1ccnc(NC2CCOCC2)n1.c1cc2cc-2c1. The zero-order valence-corrected chi connectivity index (χ0v) is 11.7. The van der Waals surface area contributed by atoms with Crippen LogP contribution in [0, 0.1) is 12.3 Å². The normalized spacial score (nSPS) is 15.4. The highest BCUT2D eigenvalue weighted by atomic mass is 16.5. The van der Waals surface area contributed by atoms with E-state index in [2.05, 4.69) is 45.5 Å². The molecule has 4 heteroatoms. The average Bonchev–Trinajstić information content (AvgIpc) is 3.15. The third kappa shape index (κ3) is 3.80. The number of anilines is 1. The summed E-state index contributed by atoms with van der Waals surface area (Å²) in [5.41, 5.74) is 3.46. The summed E-state index contributed by atoms with van der Waals surface area (Å²) in [5, 5.41) is 3.26. The maximum atomic E-state index is 5.27. The Morgan fingerprint density at radius 1 is 1.19 bits per heavy atom. The molecule has 1 N–H and O–H groups in total. The number of nitrogens with zero attached hydrogens (tertiary/aromatic N) is 2. The lowest BCUT2D eigenvalue weighted by atomic mass is 10.1. The van der Waals surface area contributed by atoms with Gasteiger partial charge in [-0.1, -0.05) is 24.1 Å². The van der Waals surface area contributed by atoms with Crippen LogP contribution >= 0.6 is 0 Å². The van der Waals surface area contributed by atoms with Crippen molar-refractivity contribution in [2.75, 3.05) is 18.5 Å². The van der Waals surface area contributed by atoms with Crippen molar-refractivity contribution >= 4 is 5.95 Å². The molecule has 106 valence electrons. The van der Waals surface area contributed by atoms with E-state index in [0.717, 1.165) is 26.1 Å². The first kappa shape index (κ1) is 13.6. The monoisotopic (exact) mass is 279 g/mol. The number of fused-ring (bicyclic) bond motifs is 1. The molecule has 21 heavy (non-hydrogen) atoms. The molecular formula is C17H17N3O. The van der Waals surface area contributed by atoms with E-state index in [0.29, 0.717) is 17.7 Å². The summed E-state index contributed by atoms with van der Waals surface area (Å²) in [6.07, 6.45) is 8.91. The van der Waals surface area contributed by atoms with Gasteiger partial charge in [-0.15, -0.1) is 6.42 Å². The minimum absolute atomic E-state index is 0.395. The second-order valence-electron chi connectivity index (χ2n) is 5.02. The molecule has 4 nitrogen and oxygen atoms in total. The van der Waals surface area contributed by atoms with Crippen LogP contribution in [0.1, 0.15) is 18.5 Å². The lowest BCUT2D eigenvalue weighted by Gasteiger charge is -2.22. The number of terminal acetylenes is 1. The van der Waals surface area contributed by atoms with Crippen molar-refractivity contribution in [3.63, 3.8) is 0 Å². The molecule has 0 unspecified atom stereocenters. The molecule has 0 amide bonds. The van der Waals surface area contributed by atoms with E-state index >= 15 is 0 Å². The number of hydrogen-bond acceptors (Lipinski definition) is 4. The van der Waals surface area contributed by atoms with Gasteiger partial charge in [0.1, 0.15) is 5.69 Å². The van der Waals surface area contributed by atoms with E-state index in [1.807, 2.05) is 0 Å². The van der Waals surface area contributed by atoms with Crippen molar-refractivity contribution < 1.29 is 4.74 Å². The summed E-state index contributed by atoms with van der Waals surface area (Å²) in [4.78, 5) is 8.31. The van der Waals surface area contributed by atoms with Gasteiger partial charge < -0.3 is 10.1 Å². The highest BCUT2D eigenvalue weighted by Crippen LogP contribution is 2.32. The molecule has 1 fully saturated rings. The largest absolute Gasteiger partial charge is 0.381 e. The predicted octanol–water partition coefficient (Wildman–Crippen LogP) is 2.72. The maximum absolute atomic E-state index is 5.27. The first-order chi connectivity index (χ1) is 10.3. The number of aromatic nitrogens is 2. The maximum Gasteiger partial charge on any atom is 0.224 e. The fourth-order valence-electron chi connectivity index (χ4n) is 2.21. The Bertz CT molecular complexity index is 640. The van der Waals surface area contributed by atoms with Crippen LogP contribution in [0.4, 0.5) is 5.95 Å². The quantitative estimate of drug-likeness (QED) is 0.733. The number of nitrogens with one attached hydrogen (secondary N) is 1. The van der Waals surface area contributed by atoms with Gasteiger partial charge in [0.2, 0.25) is 5.95 Å². The molecule has 4 rings (SSSR count). The smallest absolute Gasteiger partial charge is 0.224 e. The van der Waals surface area contributed by atoms with Crippen LogP contribution < -0.4 is 5.32 Å². The summed E-state index contributed by atoms with van der Waals surface area (Å²) in [6, 6.07) is 10.6. The molecule has 0 atom stereocenters. The van der Waals surface area contributed by atoms with E-state index in [-0.39, 0.29) is 0 Å². The zero-order valence-electron chi connectivity index (χ0n) is 11.7. The molecule has 0 bridgehead atoms. The molecular weight excluding hydrogens is 262 g/mol. The Hall–Kier alpha value is -2.38. The van der Waals surface area contributed by atoms with Gasteiger partial charge in [0.25, 0.3) is 0 Å². The van der Waals surface area contributed by atoms with E-state index < -0.39 is 0 Å². The van der Waals surface area contributed by atoms with Crippen LogP contribution in [-0.2, 0) is 4.74 Å². The highest BCUT2D eigenvalue weighted by Gasteiger charge is 2.14. The van der Waals surface area contributed by atoms with Crippen LogP contribution in [0.15, 0.2) is 36.5 Å². The van der Waals surface area contributed by atoms with Crippen LogP contribution in [0.25, 0.3) is 11.1 Å². The van der Waals surface area contributed by atoms with Crippen molar-refractivity contribution in [1.29, 1.82) is 0 Å².